The highest BCUT2D eigenvalue weighted by Crippen LogP contribution is 2.35. The van der Waals surface area contributed by atoms with Gasteiger partial charge in [-0.05, 0) is 31.0 Å². The van der Waals surface area contributed by atoms with E-state index in [0.717, 1.165) is 23.5 Å². The normalized spacial score (nSPS) is 24.0. The maximum atomic E-state index is 12.8. The van der Waals surface area contributed by atoms with Crippen LogP contribution in [0.4, 0.5) is 18.0 Å². The molecule has 2 heterocycles. The van der Waals surface area contributed by atoms with Crippen molar-refractivity contribution in [3.05, 3.63) is 35.4 Å². The SMILES string of the molecule is O=C(CNC(=O)c1cccc(C(F)(F)F)c1)N[C@H]1CN(C(=O)O)CC12CCCO2. The van der Waals surface area contributed by atoms with Crippen molar-refractivity contribution in [1.82, 2.24) is 15.5 Å². The highest BCUT2D eigenvalue weighted by molar-refractivity contribution is 5.96. The average molecular weight is 415 g/mol. The Morgan fingerprint density at radius 2 is 2.07 bits per heavy atom. The smallest absolute Gasteiger partial charge is 0.416 e. The Labute approximate surface area is 164 Å². The van der Waals surface area contributed by atoms with E-state index >= 15 is 0 Å². The first-order chi connectivity index (χ1) is 13.6. The number of carboxylic acid groups (broad SMARTS) is 1. The monoisotopic (exact) mass is 415 g/mol. The molecule has 8 nitrogen and oxygen atoms in total. The van der Waals surface area contributed by atoms with Crippen LogP contribution in [-0.4, -0.2) is 65.8 Å². The molecule has 3 N–H and O–H groups in total. The zero-order chi connectivity index (χ0) is 21.2. The molecular formula is C18H20F3N3O5. The molecule has 1 unspecified atom stereocenters. The van der Waals surface area contributed by atoms with E-state index in [9.17, 15) is 32.7 Å². The van der Waals surface area contributed by atoms with E-state index in [1.807, 2.05) is 0 Å². The molecule has 0 saturated carbocycles. The summed E-state index contributed by atoms with van der Waals surface area (Å²) in [7, 11) is 0. The first-order valence-electron chi connectivity index (χ1n) is 8.97. The molecule has 2 aliphatic rings. The number of rotatable bonds is 4. The number of nitrogens with zero attached hydrogens (tertiary/aromatic N) is 1. The van der Waals surface area contributed by atoms with Crippen molar-refractivity contribution in [2.45, 2.75) is 30.7 Å². The summed E-state index contributed by atoms with van der Waals surface area (Å²) in [6.07, 6.45) is -4.36. The molecule has 1 aromatic carbocycles. The quantitative estimate of drug-likeness (QED) is 0.690. The van der Waals surface area contributed by atoms with E-state index < -0.39 is 47.8 Å². The molecule has 0 aliphatic carbocycles. The second-order valence-electron chi connectivity index (χ2n) is 7.06. The lowest BCUT2D eigenvalue weighted by Crippen LogP contribution is -2.53. The predicted octanol–water partition coefficient (Wildman–Crippen LogP) is 1.46. The molecule has 2 atom stereocenters. The molecule has 2 aliphatic heterocycles. The van der Waals surface area contributed by atoms with Gasteiger partial charge in [0, 0.05) is 18.7 Å². The molecular weight excluding hydrogens is 395 g/mol. The molecule has 11 heteroatoms. The molecule has 29 heavy (non-hydrogen) atoms. The van der Waals surface area contributed by atoms with Crippen molar-refractivity contribution >= 4 is 17.9 Å². The standard InChI is InChI=1S/C18H20F3N3O5/c19-18(20,21)12-4-1-3-11(7-12)15(26)22-8-14(25)23-13-9-24(16(27)28)10-17(13)5-2-6-29-17/h1,3-4,7,13H,2,5-6,8-10H2,(H,22,26)(H,23,25)(H,27,28)/t13-,17?/m0/s1. The van der Waals surface area contributed by atoms with Crippen molar-refractivity contribution in [2.75, 3.05) is 26.2 Å². The van der Waals surface area contributed by atoms with Crippen LogP contribution in [0.15, 0.2) is 24.3 Å². The van der Waals surface area contributed by atoms with Crippen molar-refractivity contribution in [3.63, 3.8) is 0 Å². The van der Waals surface area contributed by atoms with Gasteiger partial charge >= 0.3 is 12.3 Å². The Kier molecular flexibility index (Phi) is 5.69. The number of halogens is 3. The fourth-order valence-corrected chi connectivity index (χ4v) is 3.67. The zero-order valence-corrected chi connectivity index (χ0v) is 15.3. The van der Waals surface area contributed by atoms with Crippen molar-refractivity contribution in [2.24, 2.45) is 0 Å². The lowest BCUT2D eigenvalue weighted by Gasteiger charge is -2.29. The van der Waals surface area contributed by atoms with Crippen LogP contribution >= 0.6 is 0 Å². The van der Waals surface area contributed by atoms with Crippen LogP contribution in [0.1, 0.15) is 28.8 Å². The minimum Gasteiger partial charge on any atom is -0.465 e. The fourth-order valence-electron chi connectivity index (χ4n) is 3.67. The molecule has 0 bridgehead atoms. The molecule has 3 rings (SSSR count). The molecule has 1 spiro atoms. The van der Waals surface area contributed by atoms with E-state index in [-0.39, 0.29) is 18.7 Å². The first-order valence-corrected chi connectivity index (χ1v) is 8.97. The third-order valence-corrected chi connectivity index (χ3v) is 5.10. The van der Waals surface area contributed by atoms with Crippen LogP contribution in [0.2, 0.25) is 0 Å². The van der Waals surface area contributed by atoms with E-state index in [0.29, 0.717) is 19.1 Å². The Morgan fingerprint density at radius 3 is 2.69 bits per heavy atom. The van der Waals surface area contributed by atoms with E-state index in [2.05, 4.69) is 10.6 Å². The van der Waals surface area contributed by atoms with Crippen LogP contribution < -0.4 is 10.6 Å². The second-order valence-corrected chi connectivity index (χ2v) is 7.06. The van der Waals surface area contributed by atoms with Gasteiger partial charge in [0.2, 0.25) is 5.91 Å². The van der Waals surface area contributed by atoms with Gasteiger partial charge in [0.25, 0.3) is 5.91 Å². The van der Waals surface area contributed by atoms with Crippen molar-refractivity contribution < 1.29 is 37.4 Å². The highest BCUT2D eigenvalue weighted by atomic mass is 19.4. The van der Waals surface area contributed by atoms with Crippen LogP contribution in [0, 0.1) is 0 Å². The van der Waals surface area contributed by atoms with Gasteiger partial charge in [0.05, 0.1) is 24.7 Å². The predicted molar refractivity (Wildman–Crippen MR) is 93.2 cm³/mol. The number of benzene rings is 1. The van der Waals surface area contributed by atoms with Gasteiger partial charge in [-0.3, -0.25) is 9.59 Å². The average Bonchev–Trinajstić information content (AvgIpc) is 3.27. The summed E-state index contributed by atoms with van der Waals surface area (Å²) in [6, 6.07) is 3.30. The van der Waals surface area contributed by atoms with Gasteiger partial charge in [-0.1, -0.05) is 6.07 Å². The molecule has 1 aromatic rings. The lowest BCUT2D eigenvalue weighted by molar-refractivity contribution is -0.137. The summed E-state index contributed by atoms with van der Waals surface area (Å²) in [6.45, 7) is 0.202. The van der Waals surface area contributed by atoms with Gasteiger partial charge in [-0.25, -0.2) is 4.79 Å². The van der Waals surface area contributed by atoms with Gasteiger partial charge < -0.3 is 25.4 Å². The Morgan fingerprint density at radius 1 is 1.31 bits per heavy atom. The topological polar surface area (TPSA) is 108 Å². The third kappa shape index (κ3) is 4.61. The minimum atomic E-state index is -4.58. The number of carbonyl (C=O) groups is 3. The maximum Gasteiger partial charge on any atom is 0.416 e. The van der Waals surface area contributed by atoms with Crippen LogP contribution in [0.3, 0.4) is 0 Å². The summed E-state index contributed by atoms with van der Waals surface area (Å²) in [5, 5.41) is 14.2. The second kappa shape index (κ2) is 7.90. The highest BCUT2D eigenvalue weighted by Gasteiger charge is 2.51. The number of amides is 3. The number of carbonyl (C=O) groups excluding carboxylic acids is 2. The van der Waals surface area contributed by atoms with Crippen LogP contribution in [0.5, 0.6) is 0 Å². The Balaban J connectivity index is 1.58. The molecule has 158 valence electrons. The van der Waals surface area contributed by atoms with Gasteiger partial charge in [0.15, 0.2) is 0 Å². The fraction of sp³-hybridized carbons (Fsp3) is 0.500. The number of ether oxygens (including phenoxy) is 1. The van der Waals surface area contributed by atoms with Crippen LogP contribution in [0.25, 0.3) is 0 Å². The molecule has 0 radical (unpaired) electrons. The zero-order valence-electron chi connectivity index (χ0n) is 15.3. The minimum absolute atomic E-state index is 0.0582. The molecule has 2 saturated heterocycles. The Hall–Kier alpha value is -2.82. The van der Waals surface area contributed by atoms with Gasteiger partial charge in [-0.2, -0.15) is 13.2 Å². The summed E-state index contributed by atoms with van der Waals surface area (Å²) in [5.74, 6) is -1.41. The molecule has 0 aromatic heterocycles. The van der Waals surface area contributed by atoms with E-state index in [1.165, 1.54) is 6.07 Å². The summed E-state index contributed by atoms with van der Waals surface area (Å²) in [5.41, 5.74) is -1.98. The van der Waals surface area contributed by atoms with Gasteiger partial charge in [0.1, 0.15) is 5.60 Å². The van der Waals surface area contributed by atoms with E-state index in [4.69, 9.17) is 4.74 Å². The third-order valence-electron chi connectivity index (χ3n) is 5.10. The summed E-state index contributed by atoms with van der Waals surface area (Å²) >= 11 is 0. The summed E-state index contributed by atoms with van der Waals surface area (Å²) < 4.78 is 44.0. The lowest BCUT2D eigenvalue weighted by atomic mass is 9.94. The molecule has 3 amide bonds. The summed E-state index contributed by atoms with van der Waals surface area (Å²) in [4.78, 5) is 36.8. The number of likely N-dealkylation sites (tertiary alicyclic amines) is 1. The van der Waals surface area contributed by atoms with Crippen molar-refractivity contribution in [1.29, 1.82) is 0 Å². The largest absolute Gasteiger partial charge is 0.465 e. The van der Waals surface area contributed by atoms with E-state index in [1.54, 1.807) is 0 Å². The van der Waals surface area contributed by atoms with Gasteiger partial charge in [-0.15, -0.1) is 0 Å². The van der Waals surface area contributed by atoms with Crippen LogP contribution in [-0.2, 0) is 15.7 Å². The first kappa shape index (κ1) is 20.9. The number of hydrogen-bond acceptors (Lipinski definition) is 4. The maximum absolute atomic E-state index is 12.8. The number of hydrogen-bond donors (Lipinski definition) is 3. The number of nitrogens with one attached hydrogen (secondary N) is 2. The molecule has 2 fully saturated rings. The number of alkyl halides is 3. The van der Waals surface area contributed by atoms with Crippen molar-refractivity contribution in [3.8, 4) is 0 Å². The Bertz CT molecular complexity index is 808.